The summed E-state index contributed by atoms with van der Waals surface area (Å²) in [5, 5.41) is 12.5. The molecule has 1 fully saturated rings. The Labute approximate surface area is 154 Å². The Morgan fingerprint density at radius 1 is 1.11 bits per heavy atom. The smallest absolute Gasteiger partial charge is 0.266 e. The highest BCUT2D eigenvalue weighted by atomic mass is 19.3. The summed E-state index contributed by atoms with van der Waals surface area (Å²) in [6, 6.07) is 15.5. The van der Waals surface area contributed by atoms with Crippen molar-refractivity contribution in [3.05, 3.63) is 54.7 Å². The minimum Gasteiger partial charge on any atom is -0.365 e. The first-order valence-electron chi connectivity index (χ1n) is 8.81. The molecule has 2 N–H and O–H groups in total. The molecule has 1 saturated heterocycles. The maximum Gasteiger partial charge on any atom is 0.266 e. The van der Waals surface area contributed by atoms with E-state index >= 15 is 0 Å². The largest absolute Gasteiger partial charge is 0.365 e. The van der Waals surface area contributed by atoms with Gasteiger partial charge >= 0.3 is 0 Å². The van der Waals surface area contributed by atoms with Crippen molar-refractivity contribution < 1.29 is 8.78 Å². The van der Waals surface area contributed by atoms with E-state index in [1.807, 2.05) is 48.5 Å². The minimum absolute atomic E-state index is 0.0950. The van der Waals surface area contributed by atoms with E-state index in [0.29, 0.717) is 12.4 Å². The van der Waals surface area contributed by atoms with Crippen LogP contribution in [0, 0.1) is 0 Å². The lowest BCUT2D eigenvalue weighted by molar-refractivity contribution is 0.0257. The predicted octanol–water partition coefficient (Wildman–Crippen LogP) is 4.70. The first-order valence-corrected chi connectivity index (χ1v) is 8.81. The minimum atomic E-state index is -2.61. The number of aromatic nitrogens is 3. The fourth-order valence-electron chi connectivity index (χ4n) is 3.64. The van der Waals surface area contributed by atoms with Crippen LogP contribution in [-0.2, 0) is 0 Å². The van der Waals surface area contributed by atoms with Gasteiger partial charge in [-0.2, -0.15) is 5.10 Å². The van der Waals surface area contributed by atoms with E-state index in [9.17, 15) is 8.78 Å². The number of pyridine rings is 1. The molecule has 2 aromatic heterocycles. The van der Waals surface area contributed by atoms with E-state index in [4.69, 9.17) is 0 Å². The lowest BCUT2D eigenvalue weighted by Gasteiger charge is -2.20. The summed E-state index contributed by atoms with van der Waals surface area (Å²) in [5.41, 5.74) is 3.34. The summed E-state index contributed by atoms with van der Waals surface area (Å²) in [6.45, 7) is 0.147. The molecular weight excluding hydrogens is 348 g/mol. The zero-order valence-electron chi connectivity index (χ0n) is 14.4. The van der Waals surface area contributed by atoms with Crippen molar-refractivity contribution in [2.24, 2.45) is 0 Å². The zero-order valence-corrected chi connectivity index (χ0v) is 14.4. The fourth-order valence-corrected chi connectivity index (χ4v) is 3.64. The molecule has 0 atom stereocenters. The molecule has 0 unspecified atom stereocenters. The molecule has 136 valence electrons. The first-order chi connectivity index (χ1) is 13.1. The number of hydrogen-bond donors (Lipinski definition) is 2. The molecule has 1 aliphatic rings. The van der Waals surface area contributed by atoms with E-state index in [2.05, 4.69) is 20.5 Å². The van der Waals surface area contributed by atoms with Crippen LogP contribution in [0.5, 0.6) is 0 Å². The van der Waals surface area contributed by atoms with Crippen LogP contribution in [0.25, 0.3) is 21.8 Å². The van der Waals surface area contributed by atoms with Crippen molar-refractivity contribution in [1.29, 1.82) is 0 Å². The number of rotatable bonds is 3. The molecule has 3 heterocycles. The van der Waals surface area contributed by atoms with E-state index in [1.54, 1.807) is 11.1 Å². The molecule has 0 amide bonds. The average Bonchev–Trinajstić information content (AvgIpc) is 3.24. The second kappa shape index (κ2) is 5.90. The molecule has 0 radical (unpaired) electrons. The normalized spacial score (nSPS) is 16.3. The number of hydrogen-bond acceptors (Lipinski definition) is 4. The van der Waals surface area contributed by atoms with Gasteiger partial charge in [0.05, 0.1) is 12.1 Å². The molecule has 0 spiro atoms. The second-order valence-corrected chi connectivity index (χ2v) is 6.84. The zero-order chi connectivity index (χ0) is 18.4. The maximum absolute atomic E-state index is 13.6. The van der Waals surface area contributed by atoms with Gasteiger partial charge in [-0.25, -0.2) is 8.78 Å². The van der Waals surface area contributed by atoms with Crippen LogP contribution in [0.1, 0.15) is 6.42 Å². The molecule has 4 aromatic rings. The number of anilines is 3. The summed E-state index contributed by atoms with van der Waals surface area (Å²) < 4.78 is 27.2. The maximum atomic E-state index is 13.6. The van der Waals surface area contributed by atoms with Gasteiger partial charge in [-0.15, -0.1) is 0 Å². The van der Waals surface area contributed by atoms with Gasteiger partial charge in [0.2, 0.25) is 0 Å². The highest BCUT2D eigenvalue weighted by Gasteiger charge is 2.38. The van der Waals surface area contributed by atoms with Gasteiger partial charge in [-0.1, -0.05) is 18.2 Å². The highest BCUT2D eigenvalue weighted by molar-refractivity contribution is 5.97. The van der Waals surface area contributed by atoms with Gasteiger partial charge in [0, 0.05) is 35.9 Å². The second-order valence-electron chi connectivity index (χ2n) is 6.84. The van der Waals surface area contributed by atoms with Gasteiger partial charge in [0.25, 0.3) is 5.92 Å². The van der Waals surface area contributed by atoms with Crippen LogP contribution in [0.2, 0.25) is 0 Å². The Morgan fingerprint density at radius 3 is 2.89 bits per heavy atom. The van der Waals surface area contributed by atoms with Gasteiger partial charge in [-0.3, -0.25) is 10.1 Å². The predicted molar refractivity (Wildman–Crippen MR) is 103 cm³/mol. The number of halogens is 2. The topological polar surface area (TPSA) is 56.8 Å². The molecule has 2 aromatic carbocycles. The van der Waals surface area contributed by atoms with Crippen molar-refractivity contribution in [2.75, 3.05) is 23.3 Å². The molecule has 0 aliphatic carbocycles. The van der Waals surface area contributed by atoms with Gasteiger partial charge in [0.15, 0.2) is 5.82 Å². The van der Waals surface area contributed by atoms with Crippen molar-refractivity contribution in [3.63, 3.8) is 0 Å². The molecule has 0 bridgehead atoms. The number of nitrogens with one attached hydrogen (secondary N) is 2. The van der Waals surface area contributed by atoms with E-state index in [-0.39, 0.29) is 13.0 Å². The van der Waals surface area contributed by atoms with Crippen LogP contribution in [0.4, 0.5) is 26.0 Å². The standard InChI is InChI=1S/C20H17F2N5/c21-20(22)8-10-27(12-20)17-5-1-3-13-11-14(6-7-15(13)17)24-19-18-16(25-26-19)4-2-9-23-18/h1-7,9,11H,8,10,12H2,(H2,24,25,26). The summed E-state index contributed by atoms with van der Waals surface area (Å²) in [6.07, 6.45) is 1.63. The highest BCUT2D eigenvalue weighted by Crippen LogP contribution is 2.36. The Balaban J connectivity index is 1.49. The monoisotopic (exact) mass is 365 g/mol. The number of aromatic amines is 1. The van der Waals surface area contributed by atoms with Crippen LogP contribution in [0.15, 0.2) is 54.7 Å². The lowest BCUT2D eigenvalue weighted by Crippen LogP contribution is -2.24. The number of benzene rings is 2. The molecule has 7 heteroatoms. The molecular formula is C20H17F2N5. The molecule has 27 heavy (non-hydrogen) atoms. The number of nitrogens with zero attached hydrogens (tertiary/aromatic N) is 3. The van der Waals surface area contributed by atoms with Crippen LogP contribution in [0.3, 0.4) is 0 Å². The number of alkyl halides is 2. The van der Waals surface area contributed by atoms with Crippen LogP contribution in [-0.4, -0.2) is 34.2 Å². The third-order valence-corrected chi connectivity index (χ3v) is 4.95. The number of H-pyrrole nitrogens is 1. The number of fused-ring (bicyclic) bond motifs is 2. The van der Waals surface area contributed by atoms with Gasteiger partial charge < -0.3 is 10.2 Å². The summed E-state index contributed by atoms with van der Waals surface area (Å²) in [4.78, 5) is 6.11. The van der Waals surface area contributed by atoms with Crippen molar-refractivity contribution in [3.8, 4) is 0 Å². The Morgan fingerprint density at radius 2 is 2.04 bits per heavy atom. The SMILES string of the molecule is FC1(F)CCN(c2cccc3cc(Nc4n[nH]c5cccnc45)ccc23)C1. The first kappa shape index (κ1) is 16.0. The van der Waals surface area contributed by atoms with Crippen LogP contribution < -0.4 is 10.2 Å². The van der Waals surface area contributed by atoms with Crippen molar-refractivity contribution >= 4 is 39.0 Å². The molecule has 5 rings (SSSR count). The van der Waals surface area contributed by atoms with Crippen LogP contribution >= 0.6 is 0 Å². The Kier molecular flexibility index (Phi) is 3.50. The third kappa shape index (κ3) is 2.85. The van der Waals surface area contributed by atoms with E-state index in [0.717, 1.165) is 33.2 Å². The molecule has 0 saturated carbocycles. The Hall–Kier alpha value is -3.22. The van der Waals surface area contributed by atoms with Crippen molar-refractivity contribution in [2.45, 2.75) is 12.3 Å². The fraction of sp³-hybridized carbons (Fsp3) is 0.200. The molecule has 1 aliphatic heterocycles. The summed E-state index contributed by atoms with van der Waals surface area (Å²) >= 11 is 0. The lowest BCUT2D eigenvalue weighted by atomic mass is 10.1. The summed E-state index contributed by atoms with van der Waals surface area (Å²) in [7, 11) is 0. The Bertz CT molecular complexity index is 1140. The van der Waals surface area contributed by atoms with E-state index < -0.39 is 5.92 Å². The van der Waals surface area contributed by atoms with E-state index in [1.165, 1.54) is 0 Å². The molecule has 5 nitrogen and oxygen atoms in total. The quantitative estimate of drug-likeness (QED) is 0.553. The third-order valence-electron chi connectivity index (χ3n) is 4.95. The summed E-state index contributed by atoms with van der Waals surface area (Å²) in [5.74, 6) is -1.96. The van der Waals surface area contributed by atoms with Crippen molar-refractivity contribution in [1.82, 2.24) is 15.2 Å². The van der Waals surface area contributed by atoms with Gasteiger partial charge in [-0.05, 0) is 35.7 Å². The average molecular weight is 365 g/mol. The van der Waals surface area contributed by atoms with Gasteiger partial charge in [0.1, 0.15) is 5.52 Å².